The standard InChI is InChI=1S/C17H14Cl2N4O3S/c1-9(13-3-2-6-26-13)22-23-17-21-16(25)14(27-17)8-15(24)20-10-4-5-11(18)12(19)7-10/h2-7,14H,8H2,1H3,(H,20,24)(H,21,23,25)/b22-9-/t14-/m1/s1. The van der Waals surface area contributed by atoms with Crippen LogP contribution in [0, 0.1) is 0 Å². The van der Waals surface area contributed by atoms with E-state index in [9.17, 15) is 9.59 Å². The molecule has 0 aliphatic carbocycles. The molecule has 1 fully saturated rings. The van der Waals surface area contributed by atoms with E-state index in [2.05, 4.69) is 20.8 Å². The number of halogens is 2. The van der Waals surface area contributed by atoms with Gasteiger partial charge in [0.05, 0.1) is 16.3 Å². The molecule has 1 saturated heterocycles. The molecular weight excluding hydrogens is 411 g/mol. The molecule has 3 rings (SSSR count). The predicted molar refractivity (Wildman–Crippen MR) is 108 cm³/mol. The maximum atomic E-state index is 12.2. The Balaban J connectivity index is 1.58. The molecule has 0 radical (unpaired) electrons. The van der Waals surface area contributed by atoms with Gasteiger partial charge in [0, 0.05) is 12.1 Å². The minimum Gasteiger partial charge on any atom is -0.463 e. The number of hydrogen-bond acceptors (Lipinski definition) is 6. The van der Waals surface area contributed by atoms with E-state index in [4.69, 9.17) is 27.6 Å². The van der Waals surface area contributed by atoms with E-state index in [-0.39, 0.29) is 18.2 Å². The molecule has 27 heavy (non-hydrogen) atoms. The highest BCUT2D eigenvalue weighted by Crippen LogP contribution is 2.26. The summed E-state index contributed by atoms with van der Waals surface area (Å²) >= 11 is 12.9. The number of carbonyl (C=O) groups is 2. The minimum atomic E-state index is -0.592. The molecule has 0 unspecified atom stereocenters. The fourth-order valence-electron chi connectivity index (χ4n) is 2.19. The van der Waals surface area contributed by atoms with Crippen LogP contribution in [0.2, 0.25) is 10.0 Å². The first-order valence-electron chi connectivity index (χ1n) is 7.81. The molecular formula is C17H14Cl2N4O3S. The molecule has 7 nitrogen and oxygen atoms in total. The van der Waals surface area contributed by atoms with Crippen molar-refractivity contribution >= 4 is 63.3 Å². The number of amides is 2. The second kappa shape index (κ2) is 8.60. The molecule has 0 bridgehead atoms. The van der Waals surface area contributed by atoms with Crippen LogP contribution in [0.5, 0.6) is 0 Å². The van der Waals surface area contributed by atoms with Crippen LogP contribution in [0.15, 0.2) is 51.2 Å². The van der Waals surface area contributed by atoms with E-state index in [1.807, 2.05) is 0 Å². The highest BCUT2D eigenvalue weighted by Gasteiger charge is 2.32. The first kappa shape index (κ1) is 19.5. The van der Waals surface area contributed by atoms with Crippen LogP contribution in [0.4, 0.5) is 5.69 Å². The highest BCUT2D eigenvalue weighted by atomic mass is 35.5. The summed E-state index contributed by atoms with van der Waals surface area (Å²) in [5.41, 5.74) is 1.08. The zero-order chi connectivity index (χ0) is 19.4. The largest absolute Gasteiger partial charge is 0.463 e. The lowest BCUT2D eigenvalue weighted by Crippen LogP contribution is -2.28. The van der Waals surface area contributed by atoms with Gasteiger partial charge in [-0.3, -0.25) is 9.59 Å². The summed E-state index contributed by atoms with van der Waals surface area (Å²) in [7, 11) is 0. The fourth-order valence-corrected chi connectivity index (χ4v) is 3.41. The monoisotopic (exact) mass is 424 g/mol. The molecule has 2 aromatic rings. The Labute approximate surface area is 169 Å². The molecule has 0 saturated carbocycles. The zero-order valence-electron chi connectivity index (χ0n) is 14.0. The number of hydrogen-bond donors (Lipinski definition) is 2. The minimum absolute atomic E-state index is 0.0172. The lowest BCUT2D eigenvalue weighted by Gasteiger charge is -2.08. The average Bonchev–Trinajstić information content (AvgIpc) is 3.27. The molecule has 1 aliphatic heterocycles. The van der Waals surface area contributed by atoms with Crippen LogP contribution in [0.1, 0.15) is 19.1 Å². The predicted octanol–water partition coefficient (Wildman–Crippen LogP) is 3.93. The Bertz CT molecular complexity index is 928. The topological polar surface area (TPSA) is 96.1 Å². The molecule has 140 valence electrons. The number of benzene rings is 1. The van der Waals surface area contributed by atoms with Crippen molar-refractivity contribution < 1.29 is 14.0 Å². The highest BCUT2D eigenvalue weighted by molar-refractivity contribution is 8.15. The third kappa shape index (κ3) is 5.12. The number of carbonyl (C=O) groups excluding carboxylic acids is 2. The van der Waals surface area contributed by atoms with Crippen LogP contribution < -0.4 is 10.6 Å². The van der Waals surface area contributed by atoms with E-state index in [1.165, 1.54) is 6.26 Å². The summed E-state index contributed by atoms with van der Waals surface area (Å²) in [6.07, 6.45) is 1.52. The lowest BCUT2D eigenvalue weighted by molar-refractivity contribution is -0.122. The van der Waals surface area contributed by atoms with Gasteiger partial charge in [0.25, 0.3) is 0 Å². The summed E-state index contributed by atoms with van der Waals surface area (Å²) in [5.74, 6) is -0.0299. The molecule has 1 aromatic heterocycles. The molecule has 2 N–H and O–H groups in total. The lowest BCUT2D eigenvalue weighted by atomic mass is 10.2. The summed E-state index contributed by atoms with van der Waals surface area (Å²) in [5, 5.41) is 13.8. The van der Waals surface area contributed by atoms with Gasteiger partial charge in [-0.2, -0.15) is 0 Å². The maximum Gasteiger partial charge on any atom is 0.240 e. The van der Waals surface area contributed by atoms with Crippen molar-refractivity contribution in [2.75, 3.05) is 5.32 Å². The molecule has 2 amide bonds. The fraction of sp³-hybridized carbons (Fsp3) is 0.176. The van der Waals surface area contributed by atoms with Gasteiger partial charge in [-0.15, -0.1) is 10.2 Å². The molecule has 1 aliphatic rings. The van der Waals surface area contributed by atoms with E-state index in [0.29, 0.717) is 32.4 Å². The molecule has 1 atom stereocenters. The summed E-state index contributed by atoms with van der Waals surface area (Å²) in [4.78, 5) is 24.2. The van der Waals surface area contributed by atoms with Gasteiger partial charge in [-0.05, 0) is 37.3 Å². The smallest absolute Gasteiger partial charge is 0.240 e. The number of nitrogens with zero attached hydrogens (tertiary/aromatic N) is 2. The van der Waals surface area contributed by atoms with Crippen LogP contribution in [0.25, 0.3) is 0 Å². The van der Waals surface area contributed by atoms with Crippen molar-refractivity contribution in [3.05, 3.63) is 52.4 Å². The Morgan fingerprint density at radius 1 is 1.33 bits per heavy atom. The summed E-state index contributed by atoms with van der Waals surface area (Å²) in [6.45, 7) is 1.74. The number of anilines is 1. The Hall–Kier alpha value is -2.29. The van der Waals surface area contributed by atoms with Crippen LogP contribution >= 0.6 is 35.0 Å². The van der Waals surface area contributed by atoms with Gasteiger partial charge in [0.15, 0.2) is 5.17 Å². The Morgan fingerprint density at radius 2 is 2.15 bits per heavy atom. The van der Waals surface area contributed by atoms with E-state index < -0.39 is 5.25 Å². The van der Waals surface area contributed by atoms with Crippen LogP contribution in [0.3, 0.4) is 0 Å². The van der Waals surface area contributed by atoms with Gasteiger partial charge in [-0.1, -0.05) is 35.0 Å². The second-order valence-corrected chi connectivity index (χ2v) is 7.55. The van der Waals surface area contributed by atoms with E-state index >= 15 is 0 Å². The Kier molecular flexibility index (Phi) is 6.20. The van der Waals surface area contributed by atoms with Gasteiger partial charge >= 0.3 is 0 Å². The van der Waals surface area contributed by atoms with Crippen molar-refractivity contribution in [1.82, 2.24) is 5.32 Å². The van der Waals surface area contributed by atoms with Crippen molar-refractivity contribution in [3.8, 4) is 0 Å². The number of thioether (sulfide) groups is 1. The third-order valence-electron chi connectivity index (χ3n) is 3.52. The average molecular weight is 425 g/mol. The number of nitrogens with one attached hydrogen (secondary N) is 2. The quantitative estimate of drug-likeness (QED) is 0.561. The van der Waals surface area contributed by atoms with Gasteiger partial charge in [0.1, 0.15) is 16.7 Å². The van der Waals surface area contributed by atoms with Gasteiger partial charge < -0.3 is 15.1 Å². The summed E-state index contributed by atoms with van der Waals surface area (Å²) < 4.78 is 5.21. The molecule has 0 spiro atoms. The van der Waals surface area contributed by atoms with Gasteiger partial charge in [0.2, 0.25) is 11.8 Å². The third-order valence-corrected chi connectivity index (χ3v) is 5.33. The van der Waals surface area contributed by atoms with Crippen molar-refractivity contribution in [1.29, 1.82) is 0 Å². The zero-order valence-corrected chi connectivity index (χ0v) is 16.4. The van der Waals surface area contributed by atoms with E-state index in [1.54, 1.807) is 37.3 Å². The molecule has 2 heterocycles. The summed E-state index contributed by atoms with van der Waals surface area (Å²) in [6, 6.07) is 8.27. The maximum absolute atomic E-state index is 12.2. The normalized spacial score (nSPS) is 18.6. The van der Waals surface area contributed by atoms with E-state index in [0.717, 1.165) is 11.8 Å². The van der Waals surface area contributed by atoms with Crippen molar-refractivity contribution in [3.63, 3.8) is 0 Å². The second-order valence-electron chi connectivity index (χ2n) is 5.54. The number of furan rings is 1. The van der Waals surface area contributed by atoms with Crippen LogP contribution in [-0.2, 0) is 9.59 Å². The SMILES string of the molecule is C/C(=N/N=C1\NC(=O)[C@@H](CC(=O)Nc2ccc(Cl)c(Cl)c2)S1)c1ccco1. The van der Waals surface area contributed by atoms with Crippen molar-refractivity contribution in [2.45, 2.75) is 18.6 Å². The Morgan fingerprint density at radius 3 is 2.85 bits per heavy atom. The molecule has 1 aromatic carbocycles. The van der Waals surface area contributed by atoms with Gasteiger partial charge in [-0.25, -0.2) is 0 Å². The molecule has 10 heteroatoms. The first-order chi connectivity index (χ1) is 12.9. The van der Waals surface area contributed by atoms with Crippen LogP contribution in [-0.4, -0.2) is 27.9 Å². The number of rotatable bonds is 5. The van der Waals surface area contributed by atoms with Crippen molar-refractivity contribution in [2.24, 2.45) is 10.2 Å². The number of amidine groups is 1. The first-order valence-corrected chi connectivity index (χ1v) is 9.44.